The van der Waals surface area contributed by atoms with Crippen molar-refractivity contribution < 1.29 is 22.3 Å². The number of nitriles is 1. The van der Waals surface area contributed by atoms with Gasteiger partial charge in [0.2, 0.25) is 6.01 Å². The van der Waals surface area contributed by atoms with E-state index in [4.69, 9.17) is 16.3 Å². The lowest BCUT2D eigenvalue weighted by Crippen LogP contribution is -2.54. The molecular weight excluding hydrogens is 755 g/mol. The van der Waals surface area contributed by atoms with Gasteiger partial charge in [-0.3, -0.25) is 24.0 Å². The summed E-state index contributed by atoms with van der Waals surface area (Å²) in [6, 6.07) is 8.00. The summed E-state index contributed by atoms with van der Waals surface area (Å²) in [5, 5.41) is 12.5. The lowest BCUT2D eigenvalue weighted by Gasteiger charge is -2.44. The van der Waals surface area contributed by atoms with Gasteiger partial charge in [0.05, 0.1) is 58.7 Å². The van der Waals surface area contributed by atoms with Crippen molar-refractivity contribution in [3.63, 3.8) is 0 Å². The number of carbonyl (C=O) groups excluding carboxylic acids is 1. The van der Waals surface area contributed by atoms with Gasteiger partial charge in [0, 0.05) is 59.0 Å². The molecule has 1 amide bonds. The molecule has 2 saturated heterocycles. The molecule has 0 saturated carbocycles. The number of rotatable bonds is 9. The molecule has 1 N–H and O–H groups in total. The number of alkyl halides is 1. The number of carbonyl (C=O) groups is 1. The molecule has 17 heteroatoms. The van der Waals surface area contributed by atoms with E-state index in [-0.39, 0.29) is 34.6 Å². The van der Waals surface area contributed by atoms with Crippen molar-refractivity contribution >= 4 is 65.8 Å². The number of hydrogen-bond donors (Lipinski definition) is 1. The second-order valence-electron chi connectivity index (χ2n) is 13.0. The fourth-order valence-electron chi connectivity index (χ4n) is 6.99. The maximum atomic E-state index is 14.1. The van der Waals surface area contributed by atoms with Crippen LogP contribution >= 0.6 is 22.9 Å². The van der Waals surface area contributed by atoms with E-state index in [0.717, 1.165) is 50.5 Å². The average molecular weight is 789 g/mol. The number of ether oxygens (including phenoxy) is 1. The zero-order chi connectivity index (χ0) is 38.1. The second-order valence-corrected chi connectivity index (χ2v) is 15.9. The largest absolute Gasteiger partial charge is 0.378 e. The molecule has 278 valence electrons. The van der Waals surface area contributed by atoms with Crippen molar-refractivity contribution in [2.45, 2.75) is 45.3 Å². The third-order valence-electron chi connectivity index (χ3n) is 9.79. The second kappa shape index (κ2) is 15.4. The molecule has 2 aliphatic rings. The predicted molar refractivity (Wildman–Crippen MR) is 205 cm³/mol. The quantitative estimate of drug-likeness (QED) is 0.207. The van der Waals surface area contributed by atoms with Gasteiger partial charge in [-0.2, -0.15) is 5.26 Å². The van der Waals surface area contributed by atoms with E-state index in [9.17, 15) is 27.7 Å². The number of halogens is 2. The first kappa shape index (κ1) is 37.3. The lowest BCUT2D eigenvalue weighted by atomic mass is 10.00. The minimum absolute atomic E-state index is 0.0239. The van der Waals surface area contributed by atoms with Gasteiger partial charge in [-0.25, -0.2) is 27.5 Å². The monoisotopic (exact) mass is 788 g/mol. The molecule has 4 aromatic heterocycles. The molecule has 13 nitrogen and oxygen atoms in total. The Morgan fingerprint density at radius 1 is 1.20 bits per heavy atom. The first-order chi connectivity index (χ1) is 26.0. The molecule has 5 aromatic rings. The standard InChI is InChI=1S/C37H34ClFN8O5S2/c1-3-46(25-9-13-45(14-10-25)26-18-52-19-26)35-29(16-40)32-31(17-42-35)43-22(2)47(37(32)49)12-4-5-23-6-7-24(38)15-28(23)27-8-11-41-33-30(20-53-34(27)33)36(48)44-54(50,51)21-39/h6-8,11,15,17,20,25-26H,3,9-10,12-14,18-19,21H2,1-2H3,(H,44,48). The highest BCUT2D eigenvalue weighted by Crippen LogP contribution is 2.37. The van der Waals surface area contributed by atoms with Crippen LogP contribution < -0.4 is 15.2 Å². The number of nitrogens with one attached hydrogen (secondary N) is 1. The minimum atomic E-state index is -4.44. The van der Waals surface area contributed by atoms with Crippen molar-refractivity contribution in [2.75, 3.05) is 43.8 Å². The number of piperidine rings is 1. The highest BCUT2D eigenvalue weighted by molar-refractivity contribution is 7.89. The number of benzene rings is 1. The molecule has 2 aliphatic heterocycles. The zero-order valence-electron chi connectivity index (χ0n) is 29.3. The Morgan fingerprint density at radius 3 is 2.67 bits per heavy atom. The number of aryl methyl sites for hydroxylation is 1. The number of hydrogen-bond acceptors (Lipinski definition) is 12. The van der Waals surface area contributed by atoms with Crippen molar-refractivity contribution in [3.8, 4) is 29.0 Å². The van der Waals surface area contributed by atoms with E-state index in [1.807, 2.05) is 6.92 Å². The van der Waals surface area contributed by atoms with Gasteiger partial charge < -0.3 is 9.64 Å². The smallest absolute Gasteiger partial charge is 0.267 e. The van der Waals surface area contributed by atoms with Crippen LogP contribution in [0.1, 0.15) is 47.1 Å². The zero-order valence-corrected chi connectivity index (χ0v) is 31.7. The summed E-state index contributed by atoms with van der Waals surface area (Å²) >= 11 is 7.58. The molecule has 0 atom stereocenters. The number of sulfonamides is 1. The molecule has 2 fully saturated rings. The van der Waals surface area contributed by atoms with Crippen LogP contribution in [0.5, 0.6) is 0 Å². The van der Waals surface area contributed by atoms with Crippen molar-refractivity contribution in [1.29, 1.82) is 5.26 Å². The number of anilines is 1. The van der Waals surface area contributed by atoms with Gasteiger partial charge in [-0.1, -0.05) is 23.4 Å². The topological polar surface area (TPSA) is 163 Å². The Bertz CT molecular complexity index is 2570. The van der Waals surface area contributed by atoms with Gasteiger partial charge in [-0.05, 0) is 51.0 Å². The molecule has 7 rings (SSSR count). The van der Waals surface area contributed by atoms with Gasteiger partial charge in [0.25, 0.3) is 21.5 Å². The summed E-state index contributed by atoms with van der Waals surface area (Å²) in [5.41, 5.74) is 2.14. The molecule has 0 unspecified atom stereocenters. The molecular formula is C37H34ClFN8O5S2. The van der Waals surface area contributed by atoms with E-state index in [0.29, 0.717) is 56.2 Å². The van der Waals surface area contributed by atoms with Crippen LogP contribution in [0, 0.1) is 30.1 Å². The van der Waals surface area contributed by atoms with Crippen LogP contribution in [0.4, 0.5) is 10.2 Å². The van der Waals surface area contributed by atoms with Crippen molar-refractivity contribution in [2.24, 2.45) is 0 Å². The third kappa shape index (κ3) is 7.15. The Morgan fingerprint density at radius 2 is 1.98 bits per heavy atom. The normalized spacial score (nSPS) is 15.4. The van der Waals surface area contributed by atoms with Crippen LogP contribution in [0.3, 0.4) is 0 Å². The van der Waals surface area contributed by atoms with Crippen LogP contribution in [0.15, 0.2) is 46.8 Å². The van der Waals surface area contributed by atoms with Gasteiger partial charge in [0.15, 0.2) is 0 Å². The van der Waals surface area contributed by atoms with E-state index < -0.39 is 27.5 Å². The summed E-state index contributed by atoms with van der Waals surface area (Å²) in [5.74, 6) is 6.12. The van der Waals surface area contributed by atoms with Crippen molar-refractivity contribution in [1.82, 2.24) is 29.1 Å². The van der Waals surface area contributed by atoms with Crippen LogP contribution in [0.25, 0.3) is 32.2 Å². The first-order valence-electron chi connectivity index (χ1n) is 17.2. The number of aromatic nitrogens is 4. The first-order valence-corrected chi connectivity index (χ1v) is 20.1. The van der Waals surface area contributed by atoms with Gasteiger partial charge >= 0.3 is 0 Å². The van der Waals surface area contributed by atoms with Crippen LogP contribution in [-0.2, 0) is 21.3 Å². The summed E-state index contributed by atoms with van der Waals surface area (Å²) in [6.45, 7) is 7.71. The van der Waals surface area contributed by atoms with E-state index >= 15 is 0 Å². The number of amides is 1. The Kier molecular flexibility index (Phi) is 10.7. The fourth-order valence-corrected chi connectivity index (χ4v) is 8.64. The maximum Gasteiger partial charge on any atom is 0.267 e. The molecule has 0 bridgehead atoms. The highest BCUT2D eigenvalue weighted by Gasteiger charge is 2.33. The predicted octanol–water partition coefficient (Wildman–Crippen LogP) is 4.63. The molecule has 54 heavy (non-hydrogen) atoms. The van der Waals surface area contributed by atoms with E-state index in [1.165, 1.54) is 16.1 Å². The van der Waals surface area contributed by atoms with Gasteiger partial charge in [-0.15, -0.1) is 11.3 Å². The lowest BCUT2D eigenvalue weighted by molar-refractivity contribution is -0.0711. The molecule has 0 radical (unpaired) electrons. The number of pyridine rings is 2. The third-order valence-corrected chi connectivity index (χ3v) is 11.8. The molecule has 0 aliphatic carbocycles. The Balaban J connectivity index is 1.20. The van der Waals surface area contributed by atoms with E-state index in [1.54, 1.807) is 42.1 Å². The van der Waals surface area contributed by atoms with Crippen LogP contribution in [-0.4, -0.2) is 89.7 Å². The highest BCUT2D eigenvalue weighted by atomic mass is 35.5. The van der Waals surface area contributed by atoms with Crippen LogP contribution in [0.2, 0.25) is 5.02 Å². The maximum absolute atomic E-state index is 14.1. The Hall–Kier alpha value is -4.97. The Labute approximate surface area is 319 Å². The molecule has 0 spiro atoms. The summed E-state index contributed by atoms with van der Waals surface area (Å²) in [6.07, 6.45) is 4.85. The number of fused-ring (bicyclic) bond motifs is 2. The molecule has 1 aromatic carbocycles. The van der Waals surface area contributed by atoms with E-state index in [2.05, 4.69) is 42.7 Å². The molecule has 6 heterocycles. The number of nitrogens with zero attached hydrogens (tertiary/aromatic N) is 7. The minimum Gasteiger partial charge on any atom is -0.378 e. The van der Waals surface area contributed by atoms with Gasteiger partial charge in [0.1, 0.15) is 23.3 Å². The number of thiophene rings is 1. The fraction of sp³-hybridized carbons (Fsp3) is 0.351. The summed E-state index contributed by atoms with van der Waals surface area (Å²) in [7, 11) is -4.44. The number of likely N-dealkylation sites (tertiary alicyclic amines) is 1. The van der Waals surface area contributed by atoms with Crippen molar-refractivity contribution in [3.05, 3.63) is 79.9 Å². The summed E-state index contributed by atoms with van der Waals surface area (Å²) < 4.78 is 45.4. The SMILES string of the molecule is CCN(c1ncc2nc(C)n(CC#Cc3ccc(Cl)cc3-c3ccnc4c(C(=O)NS(=O)(=O)CF)csc34)c(=O)c2c1C#N)C1CCN(C2COC2)CC1. The summed E-state index contributed by atoms with van der Waals surface area (Å²) in [4.78, 5) is 45.0. The average Bonchev–Trinajstić information content (AvgIpc) is 3.58.